The smallest absolute Gasteiger partial charge is 0.313 e. The lowest BCUT2D eigenvalue weighted by molar-refractivity contribution is -0.136. The van der Waals surface area contributed by atoms with Crippen LogP contribution in [0.1, 0.15) is 24.3 Å². The zero-order valence-electron chi connectivity index (χ0n) is 13.8. The van der Waals surface area contributed by atoms with Gasteiger partial charge in [-0.3, -0.25) is 9.59 Å². The molecule has 2 N–H and O–H groups in total. The molecule has 0 saturated carbocycles. The molecule has 1 heterocycles. The molecule has 1 unspecified atom stereocenters. The molecule has 2 amide bonds. The predicted octanol–water partition coefficient (Wildman–Crippen LogP) is 3.70. The molecule has 3 rings (SSSR count). The Morgan fingerprint density at radius 1 is 1.08 bits per heavy atom. The molecule has 6 heteroatoms. The number of anilines is 1. The highest BCUT2D eigenvalue weighted by Crippen LogP contribution is 2.23. The van der Waals surface area contributed by atoms with Crippen molar-refractivity contribution < 1.29 is 18.4 Å². The van der Waals surface area contributed by atoms with Crippen molar-refractivity contribution in [2.45, 2.75) is 19.9 Å². The van der Waals surface area contributed by atoms with Crippen LogP contribution in [0.3, 0.4) is 0 Å². The SMILES string of the molecule is Cc1ccc(NC(=O)C(=O)NC(C)c2cc3ccccc3o2)c(F)c1. The number of rotatable bonds is 3. The van der Waals surface area contributed by atoms with Crippen molar-refractivity contribution in [1.29, 1.82) is 0 Å². The van der Waals surface area contributed by atoms with Crippen LogP contribution in [0.25, 0.3) is 11.0 Å². The number of carbonyl (C=O) groups is 2. The van der Waals surface area contributed by atoms with Gasteiger partial charge < -0.3 is 15.1 Å². The van der Waals surface area contributed by atoms with Crippen molar-refractivity contribution in [3.63, 3.8) is 0 Å². The Morgan fingerprint density at radius 2 is 1.84 bits per heavy atom. The molecular weight excluding hydrogens is 323 g/mol. The number of hydrogen-bond acceptors (Lipinski definition) is 3. The second kappa shape index (κ2) is 6.76. The van der Waals surface area contributed by atoms with Gasteiger partial charge in [-0.2, -0.15) is 0 Å². The number of fused-ring (bicyclic) bond motifs is 1. The van der Waals surface area contributed by atoms with Crippen LogP contribution in [0.15, 0.2) is 52.9 Å². The molecule has 1 atom stereocenters. The van der Waals surface area contributed by atoms with E-state index >= 15 is 0 Å². The summed E-state index contributed by atoms with van der Waals surface area (Å²) in [6, 6.07) is 13.1. The number of amides is 2. The Balaban J connectivity index is 1.67. The highest BCUT2D eigenvalue weighted by atomic mass is 19.1. The fourth-order valence-electron chi connectivity index (χ4n) is 2.45. The van der Waals surface area contributed by atoms with Crippen LogP contribution in [0, 0.1) is 12.7 Å². The highest BCUT2D eigenvalue weighted by molar-refractivity contribution is 6.39. The second-order valence-corrected chi connectivity index (χ2v) is 5.82. The third-order valence-corrected chi connectivity index (χ3v) is 3.80. The summed E-state index contributed by atoms with van der Waals surface area (Å²) in [5.74, 6) is -1.87. The van der Waals surface area contributed by atoms with Gasteiger partial charge >= 0.3 is 11.8 Å². The number of carbonyl (C=O) groups excluding carboxylic acids is 2. The van der Waals surface area contributed by atoms with Crippen molar-refractivity contribution in [2.24, 2.45) is 0 Å². The first-order chi connectivity index (χ1) is 11.9. The van der Waals surface area contributed by atoms with Gasteiger partial charge in [-0.25, -0.2) is 4.39 Å². The molecule has 128 valence electrons. The number of furan rings is 1. The molecule has 0 bridgehead atoms. The number of nitrogens with one attached hydrogen (secondary N) is 2. The minimum atomic E-state index is -0.939. The van der Waals surface area contributed by atoms with Crippen LogP contribution in [0.5, 0.6) is 0 Å². The van der Waals surface area contributed by atoms with E-state index in [1.54, 1.807) is 26.0 Å². The Morgan fingerprint density at radius 3 is 2.56 bits per heavy atom. The van der Waals surface area contributed by atoms with E-state index < -0.39 is 23.7 Å². The minimum absolute atomic E-state index is 0.0397. The first-order valence-corrected chi connectivity index (χ1v) is 7.80. The molecule has 0 fully saturated rings. The monoisotopic (exact) mass is 340 g/mol. The van der Waals surface area contributed by atoms with Crippen molar-refractivity contribution >= 4 is 28.5 Å². The molecule has 1 aromatic heterocycles. The Kier molecular flexibility index (Phi) is 4.52. The normalized spacial score (nSPS) is 12.0. The van der Waals surface area contributed by atoms with E-state index in [2.05, 4.69) is 10.6 Å². The lowest BCUT2D eigenvalue weighted by atomic mass is 10.2. The first kappa shape index (κ1) is 16.7. The molecule has 0 saturated heterocycles. The fraction of sp³-hybridized carbons (Fsp3) is 0.158. The predicted molar refractivity (Wildman–Crippen MR) is 92.5 cm³/mol. The maximum Gasteiger partial charge on any atom is 0.313 e. The molecular formula is C19H17FN2O3. The Bertz CT molecular complexity index is 916. The molecule has 0 aliphatic carbocycles. The van der Waals surface area contributed by atoms with Crippen molar-refractivity contribution in [3.8, 4) is 0 Å². The van der Waals surface area contributed by atoms with Gasteiger partial charge in [0.15, 0.2) is 0 Å². The molecule has 3 aromatic rings. The van der Waals surface area contributed by atoms with Gasteiger partial charge in [0.2, 0.25) is 0 Å². The third kappa shape index (κ3) is 3.68. The van der Waals surface area contributed by atoms with Crippen LogP contribution in [-0.2, 0) is 9.59 Å². The van der Waals surface area contributed by atoms with E-state index in [1.165, 1.54) is 12.1 Å². The summed E-state index contributed by atoms with van der Waals surface area (Å²) in [7, 11) is 0. The first-order valence-electron chi connectivity index (χ1n) is 7.80. The van der Waals surface area contributed by atoms with Gasteiger partial charge in [0.1, 0.15) is 17.2 Å². The van der Waals surface area contributed by atoms with Crippen LogP contribution in [-0.4, -0.2) is 11.8 Å². The number of halogens is 1. The number of hydrogen-bond donors (Lipinski definition) is 2. The standard InChI is InChI=1S/C19H17FN2O3/c1-11-7-8-15(14(20)9-11)22-19(24)18(23)21-12(2)17-10-13-5-3-4-6-16(13)25-17/h3-10,12H,1-2H3,(H,21,23)(H,22,24). The quantitative estimate of drug-likeness (QED) is 0.714. The number of benzene rings is 2. The maximum atomic E-state index is 13.8. The summed E-state index contributed by atoms with van der Waals surface area (Å²) in [6.07, 6.45) is 0. The lowest BCUT2D eigenvalue weighted by Crippen LogP contribution is -2.37. The molecule has 2 aromatic carbocycles. The van der Waals surface area contributed by atoms with Gasteiger partial charge in [0, 0.05) is 5.39 Å². The van der Waals surface area contributed by atoms with Crippen molar-refractivity contribution in [1.82, 2.24) is 5.32 Å². The van der Waals surface area contributed by atoms with Crippen LogP contribution in [0.4, 0.5) is 10.1 Å². The molecule has 5 nitrogen and oxygen atoms in total. The van der Waals surface area contributed by atoms with E-state index in [4.69, 9.17) is 4.42 Å². The summed E-state index contributed by atoms with van der Waals surface area (Å²) in [6.45, 7) is 3.44. The Labute approximate surface area is 143 Å². The van der Waals surface area contributed by atoms with E-state index in [0.717, 1.165) is 10.9 Å². The molecule has 0 aliphatic rings. The molecule has 25 heavy (non-hydrogen) atoms. The van der Waals surface area contributed by atoms with Crippen LogP contribution < -0.4 is 10.6 Å². The summed E-state index contributed by atoms with van der Waals surface area (Å²) >= 11 is 0. The second-order valence-electron chi connectivity index (χ2n) is 5.82. The maximum absolute atomic E-state index is 13.8. The summed E-state index contributed by atoms with van der Waals surface area (Å²) in [4.78, 5) is 24.0. The number of aryl methyl sites for hydroxylation is 1. The zero-order chi connectivity index (χ0) is 18.0. The lowest BCUT2D eigenvalue weighted by Gasteiger charge is -2.11. The fourth-order valence-corrected chi connectivity index (χ4v) is 2.45. The van der Waals surface area contributed by atoms with E-state index in [9.17, 15) is 14.0 Å². The minimum Gasteiger partial charge on any atom is -0.459 e. The van der Waals surface area contributed by atoms with Crippen molar-refractivity contribution in [3.05, 3.63) is 65.7 Å². The van der Waals surface area contributed by atoms with Gasteiger partial charge in [0.05, 0.1) is 11.7 Å². The van der Waals surface area contributed by atoms with Crippen LogP contribution in [0.2, 0.25) is 0 Å². The summed E-state index contributed by atoms with van der Waals surface area (Å²) in [5.41, 5.74) is 1.38. The average Bonchev–Trinajstić information content (AvgIpc) is 3.01. The number of para-hydroxylation sites is 1. The van der Waals surface area contributed by atoms with E-state index in [-0.39, 0.29) is 5.69 Å². The van der Waals surface area contributed by atoms with Crippen LogP contribution >= 0.6 is 0 Å². The summed E-state index contributed by atoms with van der Waals surface area (Å²) in [5, 5.41) is 5.71. The molecule has 0 radical (unpaired) electrons. The van der Waals surface area contributed by atoms with Gasteiger partial charge in [-0.15, -0.1) is 0 Å². The van der Waals surface area contributed by atoms with E-state index in [0.29, 0.717) is 11.3 Å². The largest absolute Gasteiger partial charge is 0.459 e. The summed E-state index contributed by atoms with van der Waals surface area (Å²) < 4.78 is 19.4. The van der Waals surface area contributed by atoms with Gasteiger partial charge in [-0.1, -0.05) is 24.3 Å². The van der Waals surface area contributed by atoms with Crippen molar-refractivity contribution in [2.75, 3.05) is 5.32 Å². The third-order valence-electron chi connectivity index (χ3n) is 3.80. The average molecular weight is 340 g/mol. The molecule has 0 spiro atoms. The molecule has 0 aliphatic heterocycles. The Hall–Kier alpha value is -3.15. The topological polar surface area (TPSA) is 71.3 Å². The highest BCUT2D eigenvalue weighted by Gasteiger charge is 2.20. The van der Waals surface area contributed by atoms with E-state index in [1.807, 2.05) is 24.3 Å². The van der Waals surface area contributed by atoms with Gasteiger partial charge in [0.25, 0.3) is 0 Å². The zero-order valence-corrected chi connectivity index (χ0v) is 13.8. The van der Waals surface area contributed by atoms with Gasteiger partial charge in [-0.05, 0) is 43.7 Å².